The second kappa shape index (κ2) is 8.81. The molecule has 8 nitrogen and oxygen atoms in total. The van der Waals surface area contributed by atoms with Gasteiger partial charge in [-0.15, -0.1) is 5.10 Å². The van der Waals surface area contributed by atoms with Crippen LogP contribution in [0, 0.1) is 6.92 Å². The van der Waals surface area contributed by atoms with Gasteiger partial charge >= 0.3 is 5.97 Å². The molecule has 0 aliphatic heterocycles. The fraction of sp³-hybridized carbons (Fsp3) is 0.200. The van der Waals surface area contributed by atoms with Crippen LogP contribution in [0.2, 0.25) is 0 Å². The molecule has 28 heavy (non-hydrogen) atoms. The molecule has 144 valence electrons. The third-order valence-corrected chi connectivity index (χ3v) is 3.94. The van der Waals surface area contributed by atoms with E-state index in [1.807, 2.05) is 31.2 Å². The molecule has 2 N–H and O–H groups in total. The molecular formula is C20H20N4O4. The van der Waals surface area contributed by atoms with E-state index in [1.54, 1.807) is 31.2 Å². The molecule has 3 rings (SSSR count). The minimum atomic E-state index is -0.585. The summed E-state index contributed by atoms with van der Waals surface area (Å²) < 4.78 is 10.7. The number of H-pyrrole nitrogens is 1. The summed E-state index contributed by atoms with van der Waals surface area (Å²) in [7, 11) is 0. The van der Waals surface area contributed by atoms with Crippen LogP contribution < -0.4 is 10.1 Å². The molecule has 0 aliphatic rings. The highest BCUT2D eigenvalue weighted by atomic mass is 16.5. The quantitative estimate of drug-likeness (QED) is 0.611. The van der Waals surface area contributed by atoms with Crippen molar-refractivity contribution in [3.63, 3.8) is 0 Å². The van der Waals surface area contributed by atoms with Crippen molar-refractivity contribution in [1.82, 2.24) is 15.4 Å². The summed E-state index contributed by atoms with van der Waals surface area (Å²) in [6, 6.07) is 14.4. The van der Waals surface area contributed by atoms with Crippen LogP contribution in [0.4, 0.5) is 5.69 Å². The molecule has 0 fully saturated rings. The maximum atomic E-state index is 12.3. The minimum absolute atomic E-state index is 0.0576. The van der Waals surface area contributed by atoms with E-state index in [2.05, 4.69) is 20.7 Å². The highest BCUT2D eigenvalue weighted by molar-refractivity contribution is 5.95. The van der Waals surface area contributed by atoms with Gasteiger partial charge in [-0.2, -0.15) is 10.3 Å². The van der Waals surface area contributed by atoms with E-state index in [-0.39, 0.29) is 24.8 Å². The zero-order valence-corrected chi connectivity index (χ0v) is 15.6. The summed E-state index contributed by atoms with van der Waals surface area (Å²) in [5.74, 6) is -0.477. The van der Waals surface area contributed by atoms with Gasteiger partial charge in [-0.1, -0.05) is 30.3 Å². The normalized spacial score (nSPS) is 10.4. The van der Waals surface area contributed by atoms with Gasteiger partial charge in [-0.25, -0.2) is 4.79 Å². The van der Waals surface area contributed by atoms with Gasteiger partial charge in [-0.3, -0.25) is 4.79 Å². The average Bonchev–Trinajstić information content (AvgIpc) is 3.18. The molecule has 0 unspecified atom stereocenters. The third-order valence-electron chi connectivity index (χ3n) is 3.94. The number of ether oxygens (including phenoxy) is 2. The van der Waals surface area contributed by atoms with Crippen molar-refractivity contribution in [2.45, 2.75) is 13.8 Å². The molecule has 1 heterocycles. The number of aromatic nitrogens is 3. The maximum absolute atomic E-state index is 12.3. The summed E-state index contributed by atoms with van der Waals surface area (Å²) in [4.78, 5) is 24.3. The number of rotatable bonds is 7. The van der Waals surface area contributed by atoms with Gasteiger partial charge in [-0.05, 0) is 37.6 Å². The van der Waals surface area contributed by atoms with Gasteiger partial charge in [0.1, 0.15) is 11.4 Å². The minimum Gasteiger partial charge on any atom is -0.483 e. The number of nitrogens with zero attached hydrogens (tertiary/aromatic N) is 2. The Morgan fingerprint density at radius 3 is 2.61 bits per heavy atom. The van der Waals surface area contributed by atoms with Crippen LogP contribution in [0.1, 0.15) is 23.0 Å². The Morgan fingerprint density at radius 1 is 1.07 bits per heavy atom. The summed E-state index contributed by atoms with van der Waals surface area (Å²) in [6.45, 7) is 3.65. The lowest BCUT2D eigenvalue weighted by molar-refractivity contribution is -0.118. The topological polar surface area (TPSA) is 106 Å². The predicted molar refractivity (Wildman–Crippen MR) is 103 cm³/mol. The van der Waals surface area contributed by atoms with E-state index >= 15 is 0 Å². The molecule has 0 saturated carbocycles. The van der Waals surface area contributed by atoms with E-state index in [0.717, 1.165) is 11.3 Å². The van der Waals surface area contributed by atoms with Crippen LogP contribution in [0.3, 0.4) is 0 Å². The van der Waals surface area contributed by atoms with Gasteiger partial charge in [0.2, 0.25) is 0 Å². The largest absolute Gasteiger partial charge is 0.483 e. The number of benzene rings is 2. The first kappa shape index (κ1) is 19.1. The second-order valence-corrected chi connectivity index (χ2v) is 5.89. The molecule has 8 heteroatoms. The Labute approximate surface area is 161 Å². The number of aryl methyl sites for hydroxylation is 1. The number of carbonyl (C=O) groups is 2. The van der Waals surface area contributed by atoms with Crippen molar-refractivity contribution >= 4 is 17.6 Å². The maximum Gasteiger partial charge on any atom is 0.361 e. The Morgan fingerprint density at radius 2 is 1.82 bits per heavy atom. The lowest BCUT2D eigenvalue weighted by Gasteiger charge is -2.12. The van der Waals surface area contributed by atoms with Crippen LogP contribution in [0.25, 0.3) is 11.3 Å². The van der Waals surface area contributed by atoms with Crippen molar-refractivity contribution in [1.29, 1.82) is 0 Å². The first-order chi connectivity index (χ1) is 13.6. The predicted octanol–water partition coefficient (Wildman–Crippen LogP) is 2.97. The molecule has 0 atom stereocenters. The fourth-order valence-corrected chi connectivity index (χ4v) is 2.59. The van der Waals surface area contributed by atoms with Crippen LogP contribution in [0.15, 0.2) is 48.5 Å². The molecule has 1 amide bonds. The van der Waals surface area contributed by atoms with Crippen LogP contribution in [-0.4, -0.2) is 40.5 Å². The number of aromatic amines is 1. The van der Waals surface area contributed by atoms with Crippen molar-refractivity contribution in [3.8, 4) is 17.0 Å². The van der Waals surface area contributed by atoms with E-state index in [9.17, 15) is 9.59 Å². The third kappa shape index (κ3) is 4.35. The molecule has 2 aromatic carbocycles. The zero-order valence-electron chi connectivity index (χ0n) is 15.6. The van der Waals surface area contributed by atoms with E-state index in [0.29, 0.717) is 17.0 Å². The van der Waals surface area contributed by atoms with E-state index < -0.39 is 5.97 Å². The Kier molecular flexibility index (Phi) is 6.01. The summed E-state index contributed by atoms with van der Waals surface area (Å²) >= 11 is 0. The molecule has 0 bridgehead atoms. The van der Waals surface area contributed by atoms with Crippen molar-refractivity contribution in [2.75, 3.05) is 18.5 Å². The first-order valence-corrected chi connectivity index (χ1v) is 8.75. The fourth-order valence-electron chi connectivity index (χ4n) is 2.59. The van der Waals surface area contributed by atoms with E-state index in [1.165, 1.54) is 0 Å². The zero-order chi connectivity index (χ0) is 19.9. The monoisotopic (exact) mass is 380 g/mol. The molecule has 0 aliphatic carbocycles. The molecular weight excluding hydrogens is 360 g/mol. The molecule has 3 aromatic rings. The standard InChI is InChI=1S/C20H20N4O4/c1-3-27-20(26)19-18(22-24-23-19)14-9-5-7-11-16(14)28-12-17(25)21-15-10-6-4-8-13(15)2/h4-11H,3,12H2,1-2H3,(H,21,25)(H,22,23,24). The van der Waals surface area contributed by atoms with Crippen LogP contribution >= 0.6 is 0 Å². The number of carbonyl (C=O) groups excluding carboxylic acids is 2. The van der Waals surface area contributed by atoms with Gasteiger partial charge in [0, 0.05) is 11.3 Å². The van der Waals surface area contributed by atoms with Crippen LogP contribution in [0.5, 0.6) is 5.75 Å². The summed E-state index contributed by atoms with van der Waals surface area (Å²) in [5.41, 5.74) is 2.57. The van der Waals surface area contributed by atoms with Gasteiger partial charge < -0.3 is 14.8 Å². The van der Waals surface area contributed by atoms with Crippen molar-refractivity contribution in [3.05, 3.63) is 59.8 Å². The van der Waals surface area contributed by atoms with Crippen molar-refractivity contribution in [2.24, 2.45) is 0 Å². The molecule has 0 saturated heterocycles. The highest BCUT2D eigenvalue weighted by Crippen LogP contribution is 2.30. The number of esters is 1. The SMILES string of the molecule is CCOC(=O)c1n[nH]nc1-c1ccccc1OCC(=O)Nc1ccccc1C. The smallest absolute Gasteiger partial charge is 0.361 e. The molecule has 1 aromatic heterocycles. The number of nitrogens with one attached hydrogen (secondary N) is 2. The van der Waals surface area contributed by atoms with Crippen molar-refractivity contribution < 1.29 is 19.1 Å². The van der Waals surface area contributed by atoms with Crippen LogP contribution in [-0.2, 0) is 9.53 Å². The number of para-hydroxylation sites is 2. The van der Waals surface area contributed by atoms with E-state index in [4.69, 9.17) is 9.47 Å². The average molecular weight is 380 g/mol. The molecule has 0 radical (unpaired) electrons. The molecule has 0 spiro atoms. The number of hydrogen-bond acceptors (Lipinski definition) is 6. The highest BCUT2D eigenvalue weighted by Gasteiger charge is 2.21. The Bertz CT molecular complexity index is 984. The number of anilines is 1. The second-order valence-electron chi connectivity index (χ2n) is 5.89. The Balaban J connectivity index is 1.75. The number of amides is 1. The van der Waals surface area contributed by atoms with Gasteiger partial charge in [0.05, 0.1) is 6.61 Å². The van der Waals surface area contributed by atoms with Gasteiger partial charge in [0.15, 0.2) is 12.3 Å². The lowest BCUT2D eigenvalue weighted by Crippen LogP contribution is -2.20. The van der Waals surface area contributed by atoms with Gasteiger partial charge in [0.25, 0.3) is 5.91 Å². The lowest BCUT2D eigenvalue weighted by atomic mass is 10.1. The Hall–Kier alpha value is -3.68. The summed E-state index contributed by atoms with van der Waals surface area (Å²) in [6.07, 6.45) is 0. The summed E-state index contributed by atoms with van der Waals surface area (Å²) in [5, 5.41) is 13.1. The number of hydrogen-bond donors (Lipinski definition) is 2. The first-order valence-electron chi connectivity index (χ1n) is 8.75.